The molecule has 0 saturated carbocycles. The van der Waals surface area contributed by atoms with Crippen LogP contribution in [-0.2, 0) is 0 Å². The summed E-state index contributed by atoms with van der Waals surface area (Å²) >= 11 is 0. The van der Waals surface area contributed by atoms with Crippen LogP contribution in [0.2, 0.25) is 0 Å². The molecule has 0 saturated heterocycles. The summed E-state index contributed by atoms with van der Waals surface area (Å²) in [5, 5.41) is 14.9. The van der Waals surface area contributed by atoms with Crippen LogP contribution in [0, 0.1) is 5.82 Å². The first kappa shape index (κ1) is 16.0. The summed E-state index contributed by atoms with van der Waals surface area (Å²) in [6.45, 7) is 0. The average molecular weight is 345 g/mol. The van der Waals surface area contributed by atoms with Gasteiger partial charge >= 0.3 is 0 Å². The predicted octanol–water partition coefficient (Wildman–Crippen LogP) is 4.68. The number of phenolic OH excluding ortho intramolecular Hbond substituents is 1. The standard InChI is InChI=1S/C21H16FN3O/c22-15-6-3-7-16(13-15)25-20(18-8-1-2-11-23-18)17-10-9-14-5-4-12-24-19(14)21(17)26/h1-13,20,25-26H/t20-/m1/s1. The van der Waals surface area contributed by atoms with Crippen LogP contribution >= 0.6 is 0 Å². The van der Waals surface area contributed by atoms with Crippen molar-refractivity contribution in [2.45, 2.75) is 6.04 Å². The van der Waals surface area contributed by atoms with E-state index in [0.29, 0.717) is 22.5 Å². The molecule has 4 aromatic rings. The zero-order valence-corrected chi connectivity index (χ0v) is 13.8. The van der Waals surface area contributed by atoms with Gasteiger partial charge in [0.2, 0.25) is 0 Å². The second-order valence-electron chi connectivity index (χ2n) is 5.92. The van der Waals surface area contributed by atoms with E-state index in [2.05, 4.69) is 15.3 Å². The van der Waals surface area contributed by atoms with Gasteiger partial charge < -0.3 is 10.4 Å². The minimum Gasteiger partial charge on any atom is -0.505 e. The highest BCUT2D eigenvalue weighted by Gasteiger charge is 2.21. The highest BCUT2D eigenvalue weighted by molar-refractivity contribution is 5.85. The zero-order chi connectivity index (χ0) is 17.9. The van der Waals surface area contributed by atoms with Crippen LogP contribution in [0.5, 0.6) is 5.75 Å². The van der Waals surface area contributed by atoms with Crippen molar-refractivity contribution in [2.75, 3.05) is 5.32 Å². The zero-order valence-electron chi connectivity index (χ0n) is 13.8. The summed E-state index contributed by atoms with van der Waals surface area (Å²) in [5.41, 5.74) is 2.45. The number of fused-ring (bicyclic) bond motifs is 1. The van der Waals surface area contributed by atoms with Crippen molar-refractivity contribution in [1.82, 2.24) is 9.97 Å². The van der Waals surface area contributed by atoms with E-state index in [4.69, 9.17) is 0 Å². The number of rotatable bonds is 4. The Morgan fingerprint density at radius 2 is 1.77 bits per heavy atom. The van der Waals surface area contributed by atoms with Crippen molar-refractivity contribution in [1.29, 1.82) is 0 Å². The number of phenols is 1. The van der Waals surface area contributed by atoms with Gasteiger partial charge in [-0.05, 0) is 36.4 Å². The van der Waals surface area contributed by atoms with E-state index < -0.39 is 6.04 Å². The molecule has 4 nitrogen and oxygen atoms in total. The van der Waals surface area contributed by atoms with E-state index in [1.165, 1.54) is 12.1 Å². The maximum absolute atomic E-state index is 13.6. The Hall–Kier alpha value is -3.47. The van der Waals surface area contributed by atoms with Crippen LogP contribution in [-0.4, -0.2) is 15.1 Å². The van der Waals surface area contributed by atoms with Gasteiger partial charge in [0, 0.05) is 29.0 Å². The molecule has 0 fully saturated rings. The number of hydrogen-bond donors (Lipinski definition) is 2. The fraction of sp³-hybridized carbons (Fsp3) is 0.0476. The lowest BCUT2D eigenvalue weighted by Crippen LogP contribution is -2.14. The molecule has 0 aliphatic heterocycles. The smallest absolute Gasteiger partial charge is 0.147 e. The van der Waals surface area contributed by atoms with Gasteiger partial charge in [0.15, 0.2) is 0 Å². The first-order valence-electron chi connectivity index (χ1n) is 8.22. The van der Waals surface area contributed by atoms with E-state index in [0.717, 1.165) is 5.39 Å². The highest BCUT2D eigenvalue weighted by Crippen LogP contribution is 2.35. The third-order valence-corrected chi connectivity index (χ3v) is 4.21. The maximum atomic E-state index is 13.6. The number of halogens is 1. The molecule has 1 atom stereocenters. The lowest BCUT2D eigenvalue weighted by Gasteiger charge is -2.21. The quantitative estimate of drug-likeness (QED) is 0.564. The van der Waals surface area contributed by atoms with Crippen LogP contribution in [0.25, 0.3) is 10.9 Å². The van der Waals surface area contributed by atoms with Crippen molar-refractivity contribution in [3.05, 3.63) is 96.2 Å². The Kier molecular flexibility index (Phi) is 4.19. The Labute approximate surface area is 150 Å². The fourth-order valence-corrected chi connectivity index (χ4v) is 2.98. The molecule has 2 N–H and O–H groups in total. The maximum Gasteiger partial charge on any atom is 0.147 e. The normalized spacial score (nSPS) is 12.0. The lowest BCUT2D eigenvalue weighted by molar-refractivity contribution is 0.471. The number of hydrogen-bond acceptors (Lipinski definition) is 4. The molecule has 0 aliphatic rings. The van der Waals surface area contributed by atoms with E-state index in [-0.39, 0.29) is 11.6 Å². The summed E-state index contributed by atoms with van der Waals surface area (Å²) in [6, 6.07) is 18.8. The van der Waals surface area contributed by atoms with Crippen LogP contribution in [0.4, 0.5) is 10.1 Å². The molecule has 4 rings (SSSR count). The molecule has 26 heavy (non-hydrogen) atoms. The number of aromatic nitrogens is 2. The van der Waals surface area contributed by atoms with Crippen molar-refractivity contribution in [3.63, 3.8) is 0 Å². The number of nitrogens with one attached hydrogen (secondary N) is 1. The Balaban J connectivity index is 1.84. The molecule has 2 aromatic carbocycles. The third-order valence-electron chi connectivity index (χ3n) is 4.21. The molecule has 2 aromatic heterocycles. The molecular formula is C21H16FN3O. The van der Waals surface area contributed by atoms with Crippen molar-refractivity contribution in [3.8, 4) is 5.75 Å². The van der Waals surface area contributed by atoms with Crippen molar-refractivity contribution in [2.24, 2.45) is 0 Å². The fourth-order valence-electron chi connectivity index (χ4n) is 2.98. The molecule has 0 spiro atoms. The molecule has 5 heteroatoms. The minimum absolute atomic E-state index is 0.0858. The molecule has 0 aliphatic carbocycles. The van der Waals surface area contributed by atoms with Crippen LogP contribution in [0.3, 0.4) is 0 Å². The van der Waals surface area contributed by atoms with E-state index in [9.17, 15) is 9.50 Å². The second-order valence-corrected chi connectivity index (χ2v) is 5.92. The van der Waals surface area contributed by atoms with Gasteiger partial charge in [0.1, 0.15) is 17.1 Å². The first-order chi connectivity index (χ1) is 12.7. The Morgan fingerprint density at radius 3 is 2.58 bits per heavy atom. The summed E-state index contributed by atoms with van der Waals surface area (Å²) in [6.07, 6.45) is 3.33. The summed E-state index contributed by atoms with van der Waals surface area (Å²) in [4.78, 5) is 8.69. The first-order valence-corrected chi connectivity index (χ1v) is 8.22. The molecule has 2 heterocycles. The molecule has 128 valence electrons. The average Bonchev–Trinajstić information content (AvgIpc) is 2.68. The number of aromatic hydroxyl groups is 1. The molecule has 0 bridgehead atoms. The van der Waals surface area contributed by atoms with E-state index >= 15 is 0 Å². The monoisotopic (exact) mass is 345 g/mol. The van der Waals surface area contributed by atoms with Crippen molar-refractivity contribution >= 4 is 16.6 Å². The number of nitrogens with zero attached hydrogens (tertiary/aromatic N) is 2. The SMILES string of the molecule is Oc1c([C@@H](Nc2cccc(F)c2)c2ccccn2)ccc2cccnc12. The molecular weight excluding hydrogens is 329 g/mol. The second kappa shape index (κ2) is 6.80. The van der Waals surface area contributed by atoms with Gasteiger partial charge in [-0.25, -0.2) is 4.39 Å². The lowest BCUT2D eigenvalue weighted by atomic mass is 9.99. The van der Waals surface area contributed by atoms with Gasteiger partial charge in [-0.1, -0.05) is 30.3 Å². The molecule has 0 radical (unpaired) electrons. The Morgan fingerprint density at radius 1 is 0.885 bits per heavy atom. The highest BCUT2D eigenvalue weighted by atomic mass is 19.1. The number of benzene rings is 2. The van der Waals surface area contributed by atoms with Gasteiger partial charge in [0.05, 0.1) is 11.7 Å². The third kappa shape index (κ3) is 3.07. The summed E-state index contributed by atoms with van der Waals surface area (Å²) in [7, 11) is 0. The van der Waals surface area contributed by atoms with Gasteiger partial charge in [0.25, 0.3) is 0 Å². The summed E-state index contributed by atoms with van der Waals surface area (Å²) in [5.74, 6) is -0.248. The van der Waals surface area contributed by atoms with Crippen LogP contribution < -0.4 is 5.32 Å². The van der Waals surface area contributed by atoms with Gasteiger partial charge in [-0.15, -0.1) is 0 Å². The predicted molar refractivity (Wildman–Crippen MR) is 99.5 cm³/mol. The summed E-state index contributed by atoms with van der Waals surface area (Å²) < 4.78 is 13.6. The van der Waals surface area contributed by atoms with Gasteiger partial charge in [-0.3, -0.25) is 9.97 Å². The topological polar surface area (TPSA) is 58.0 Å². The van der Waals surface area contributed by atoms with E-state index in [1.54, 1.807) is 24.5 Å². The van der Waals surface area contributed by atoms with Gasteiger partial charge in [-0.2, -0.15) is 0 Å². The van der Waals surface area contributed by atoms with E-state index in [1.807, 2.05) is 42.5 Å². The van der Waals surface area contributed by atoms with Crippen molar-refractivity contribution < 1.29 is 9.50 Å². The molecule has 0 unspecified atom stereocenters. The number of pyridine rings is 2. The minimum atomic E-state index is -0.454. The van der Waals surface area contributed by atoms with Crippen LogP contribution in [0.1, 0.15) is 17.3 Å². The van der Waals surface area contributed by atoms with Crippen LogP contribution in [0.15, 0.2) is 79.1 Å². The Bertz CT molecular complexity index is 1050. The largest absolute Gasteiger partial charge is 0.505 e. The number of anilines is 1. The molecule has 0 amide bonds.